The van der Waals surface area contributed by atoms with Gasteiger partial charge in [-0.05, 0) is 32.3 Å². The lowest BCUT2D eigenvalue weighted by Crippen LogP contribution is -2.36. The van der Waals surface area contributed by atoms with E-state index in [4.69, 9.17) is 4.98 Å². The van der Waals surface area contributed by atoms with Crippen molar-refractivity contribution in [1.82, 2.24) is 25.1 Å². The predicted octanol–water partition coefficient (Wildman–Crippen LogP) is 1.33. The average Bonchev–Trinajstić information content (AvgIpc) is 3.01. The minimum absolute atomic E-state index is 0.0221. The van der Waals surface area contributed by atoms with Gasteiger partial charge in [-0.3, -0.25) is 19.8 Å². The fourth-order valence-corrected chi connectivity index (χ4v) is 3.43. The van der Waals surface area contributed by atoms with Crippen LogP contribution in [0.5, 0.6) is 0 Å². The molecule has 0 fully saturated rings. The van der Waals surface area contributed by atoms with Crippen LogP contribution in [0.3, 0.4) is 0 Å². The van der Waals surface area contributed by atoms with Crippen LogP contribution >= 0.6 is 0 Å². The number of rotatable bonds is 3. The van der Waals surface area contributed by atoms with Gasteiger partial charge in [0.25, 0.3) is 5.56 Å². The van der Waals surface area contributed by atoms with E-state index in [9.17, 15) is 4.79 Å². The fraction of sp³-hybridized carbons (Fsp3) is 0.529. The summed E-state index contributed by atoms with van der Waals surface area (Å²) < 4.78 is 0. The van der Waals surface area contributed by atoms with Crippen molar-refractivity contribution in [3.8, 4) is 0 Å². The lowest BCUT2D eigenvalue weighted by molar-refractivity contribution is 0.239. The summed E-state index contributed by atoms with van der Waals surface area (Å²) in [6.07, 6.45) is 3.95. The van der Waals surface area contributed by atoms with E-state index in [1.807, 2.05) is 13.0 Å². The summed E-state index contributed by atoms with van der Waals surface area (Å²) in [5, 5.41) is 7.24. The Kier molecular flexibility index (Phi) is 4.02. The second-order valence-corrected chi connectivity index (χ2v) is 6.63. The van der Waals surface area contributed by atoms with E-state index in [0.717, 1.165) is 73.7 Å². The van der Waals surface area contributed by atoms with Crippen LogP contribution in [0.4, 0.5) is 0 Å². The first-order valence-corrected chi connectivity index (χ1v) is 8.58. The molecule has 0 aliphatic carbocycles. The molecule has 4 heterocycles. The summed E-state index contributed by atoms with van der Waals surface area (Å²) in [7, 11) is 0. The van der Waals surface area contributed by atoms with Crippen molar-refractivity contribution in [2.75, 3.05) is 13.1 Å². The van der Waals surface area contributed by atoms with Gasteiger partial charge < -0.3 is 4.98 Å². The molecular weight excluding hydrogens is 304 g/mol. The molecule has 126 valence electrons. The van der Waals surface area contributed by atoms with Gasteiger partial charge in [0.2, 0.25) is 0 Å². The quantitative estimate of drug-likeness (QED) is 0.890. The maximum absolute atomic E-state index is 12.5. The van der Waals surface area contributed by atoms with Gasteiger partial charge in [0.15, 0.2) is 5.82 Å². The Morgan fingerprint density at radius 3 is 2.96 bits per heavy atom. The highest BCUT2D eigenvalue weighted by Gasteiger charge is 2.23. The Labute approximate surface area is 140 Å². The zero-order valence-corrected chi connectivity index (χ0v) is 13.9. The van der Waals surface area contributed by atoms with Crippen LogP contribution in [0.15, 0.2) is 15.9 Å². The molecule has 2 aromatic rings. The molecule has 0 amide bonds. The summed E-state index contributed by atoms with van der Waals surface area (Å²) in [5.41, 5.74) is 4.71. The molecule has 0 spiro atoms. The van der Waals surface area contributed by atoms with Crippen molar-refractivity contribution < 1.29 is 0 Å². The molecule has 2 N–H and O–H groups in total. The number of fused-ring (bicyclic) bond motifs is 1. The molecule has 0 bridgehead atoms. The van der Waals surface area contributed by atoms with Gasteiger partial charge in [0, 0.05) is 38.3 Å². The molecule has 7 nitrogen and oxygen atoms in total. The molecule has 0 radical (unpaired) electrons. The second-order valence-electron chi connectivity index (χ2n) is 6.63. The number of hydrogen-bond acceptors (Lipinski definition) is 5. The standard InChI is InChI=1S/C17H22N6O/c1-11-8-12(22-21-11)9-23-7-5-14-13(10-23)17(24)20-16(19-14)15-4-2-3-6-18-15/h8H,2-7,9-10H2,1H3,(H,21,22)(H,19,20,24). The summed E-state index contributed by atoms with van der Waals surface area (Å²) in [5.74, 6) is 0.676. The fourth-order valence-electron chi connectivity index (χ4n) is 3.43. The van der Waals surface area contributed by atoms with Crippen molar-refractivity contribution in [3.05, 3.63) is 44.9 Å². The van der Waals surface area contributed by atoms with Crippen LogP contribution in [0.25, 0.3) is 0 Å². The van der Waals surface area contributed by atoms with Crippen molar-refractivity contribution in [3.63, 3.8) is 0 Å². The van der Waals surface area contributed by atoms with E-state index in [-0.39, 0.29) is 5.56 Å². The summed E-state index contributed by atoms with van der Waals surface area (Å²) in [4.78, 5) is 27.0. The van der Waals surface area contributed by atoms with Gasteiger partial charge in [-0.15, -0.1) is 0 Å². The first-order valence-electron chi connectivity index (χ1n) is 8.58. The highest BCUT2D eigenvalue weighted by molar-refractivity contribution is 5.97. The lowest BCUT2D eigenvalue weighted by atomic mass is 10.0. The van der Waals surface area contributed by atoms with Gasteiger partial charge >= 0.3 is 0 Å². The van der Waals surface area contributed by atoms with E-state index in [2.05, 4.69) is 25.1 Å². The molecule has 24 heavy (non-hydrogen) atoms. The van der Waals surface area contributed by atoms with Crippen LogP contribution in [0, 0.1) is 6.92 Å². The molecule has 7 heteroatoms. The number of aromatic nitrogens is 4. The van der Waals surface area contributed by atoms with Gasteiger partial charge in [-0.25, -0.2) is 4.98 Å². The third-order valence-electron chi connectivity index (χ3n) is 4.69. The number of H-pyrrole nitrogens is 2. The largest absolute Gasteiger partial charge is 0.305 e. The monoisotopic (exact) mass is 326 g/mol. The van der Waals surface area contributed by atoms with Crippen LogP contribution in [0.1, 0.15) is 47.7 Å². The zero-order valence-electron chi connectivity index (χ0n) is 13.9. The normalized spacial score (nSPS) is 18.3. The number of aryl methyl sites for hydroxylation is 1. The van der Waals surface area contributed by atoms with Gasteiger partial charge in [-0.2, -0.15) is 5.10 Å². The van der Waals surface area contributed by atoms with Crippen molar-refractivity contribution >= 4 is 5.71 Å². The maximum atomic E-state index is 12.5. The molecule has 0 saturated heterocycles. The smallest absolute Gasteiger partial charge is 0.255 e. The third-order valence-corrected chi connectivity index (χ3v) is 4.69. The summed E-state index contributed by atoms with van der Waals surface area (Å²) in [6, 6.07) is 2.04. The molecule has 2 aliphatic rings. The molecule has 0 unspecified atom stereocenters. The summed E-state index contributed by atoms with van der Waals surface area (Å²) >= 11 is 0. The average molecular weight is 326 g/mol. The molecule has 4 rings (SSSR count). The van der Waals surface area contributed by atoms with Crippen LogP contribution in [-0.2, 0) is 19.5 Å². The van der Waals surface area contributed by atoms with Crippen LogP contribution in [0.2, 0.25) is 0 Å². The molecule has 2 aromatic heterocycles. The van der Waals surface area contributed by atoms with E-state index >= 15 is 0 Å². The Hall–Kier alpha value is -2.28. The van der Waals surface area contributed by atoms with Gasteiger partial charge in [0.05, 0.1) is 22.7 Å². The SMILES string of the molecule is Cc1cc(CN2CCc3nc(C4=NCCCC4)[nH]c(=O)c3C2)n[nH]1. The second kappa shape index (κ2) is 6.32. The minimum Gasteiger partial charge on any atom is -0.305 e. The van der Waals surface area contributed by atoms with Crippen molar-refractivity contribution in [2.45, 2.75) is 45.7 Å². The maximum Gasteiger partial charge on any atom is 0.255 e. The highest BCUT2D eigenvalue weighted by atomic mass is 16.1. The van der Waals surface area contributed by atoms with Crippen molar-refractivity contribution in [1.29, 1.82) is 0 Å². The molecular formula is C17H22N6O. The number of aromatic amines is 2. The minimum atomic E-state index is -0.0221. The molecule has 2 aliphatic heterocycles. The molecule has 0 atom stereocenters. The van der Waals surface area contributed by atoms with E-state index in [1.54, 1.807) is 0 Å². The van der Waals surface area contributed by atoms with Crippen LogP contribution in [-0.4, -0.2) is 43.9 Å². The van der Waals surface area contributed by atoms with E-state index in [0.29, 0.717) is 12.4 Å². The Morgan fingerprint density at radius 1 is 1.29 bits per heavy atom. The molecule has 0 saturated carbocycles. The number of hydrogen-bond donors (Lipinski definition) is 2. The zero-order chi connectivity index (χ0) is 16.5. The highest BCUT2D eigenvalue weighted by Crippen LogP contribution is 2.17. The van der Waals surface area contributed by atoms with Gasteiger partial charge in [0.1, 0.15) is 0 Å². The number of aliphatic imine (C=N–C) groups is 1. The van der Waals surface area contributed by atoms with Gasteiger partial charge in [-0.1, -0.05) is 0 Å². The number of nitrogens with one attached hydrogen (secondary N) is 2. The summed E-state index contributed by atoms with van der Waals surface area (Å²) in [6.45, 7) is 5.09. The van der Waals surface area contributed by atoms with E-state index < -0.39 is 0 Å². The Bertz CT molecular complexity index is 834. The molecule has 0 aromatic carbocycles. The van der Waals surface area contributed by atoms with E-state index in [1.165, 1.54) is 0 Å². The number of nitrogens with zero attached hydrogens (tertiary/aromatic N) is 4. The van der Waals surface area contributed by atoms with Crippen molar-refractivity contribution in [2.24, 2.45) is 4.99 Å². The first kappa shape index (κ1) is 15.3. The van der Waals surface area contributed by atoms with Crippen LogP contribution < -0.4 is 5.56 Å². The Balaban J connectivity index is 1.56. The predicted molar refractivity (Wildman–Crippen MR) is 91.3 cm³/mol. The third kappa shape index (κ3) is 3.03. The Morgan fingerprint density at radius 2 is 2.21 bits per heavy atom. The first-order chi connectivity index (χ1) is 11.7. The topological polar surface area (TPSA) is 90.0 Å². The lowest BCUT2D eigenvalue weighted by Gasteiger charge is -2.27.